The lowest BCUT2D eigenvalue weighted by Crippen LogP contribution is -2.29. The Morgan fingerprint density at radius 3 is 2.45 bits per heavy atom. The molecule has 1 aromatic heterocycles. The van der Waals surface area contributed by atoms with Gasteiger partial charge in [0.25, 0.3) is 0 Å². The van der Waals surface area contributed by atoms with Crippen molar-refractivity contribution in [3.63, 3.8) is 0 Å². The first-order chi connectivity index (χ1) is 9.65. The number of nitrogens with zero attached hydrogens (tertiary/aromatic N) is 2. The lowest BCUT2D eigenvalue weighted by atomic mass is 10.1. The van der Waals surface area contributed by atoms with Crippen molar-refractivity contribution in [2.24, 2.45) is 0 Å². The van der Waals surface area contributed by atoms with Gasteiger partial charge in [-0.1, -0.05) is 36.4 Å². The van der Waals surface area contributed by atoms with Crippen LogP contribution in [0.1, 0.15) is 5.56 Å². The molecule has 0 unspecified atom stereocenters. The summed E-state index contributed by atoms with van der Waals surface area (Å²) in [5, 5.41) is 2.77. The van der Waals surface area contributed by atoms with Crippen LogP contribution in [0.4, 0.5) is 0 Å². The molecule has 3 aromatic rings. The van der Waals surface area contributed by atoms with Crippen molar-refractivity contribution >= 4 is 31.5 Å². The number of rotatable bonds is 4. The Morgan fingerprint density at radius 1 is 0.900 bits per heavy atom. The second-order valence-corrected chi connectivity index (χ2v) is 6.68. The summed E-state index contributed by atoms with van der Waals surface area (Å²) in [7, 11) is 6.39. The van der Waals surface area contributed by atoms with Crippen molar-refractivity contribution < 1.29 is 0 Å². The molecule has 0 aliphatic carbocycles. The largest absolute Gasteiger partial charge is 0.297 e. The molecular formula is C17H20N2S. The average Bonchev–Trinajstić information content (AvgIpc) is 2.78. The van der Waals surface area contributed by atoms with Crippen LogP contribution in [0.2, 0.25) is 0 Å². The van der Waals surface area contributed by atoms with Gasteiger partial charge in [-0.2, -0.15) is 0 Å². The summed E-state index contributed by atoms with van der Waals surface area (Å²) >= 11 is 1.91. The van der Waals surface area contributed by atoms with Gasteiger partial charge >= 0.3 is 0 Å². The van der Waals surface area contributed by atoms with E-state index in [0.717, 1.165) is 13.2 Å². The molecule has 0 aliphatic heterocycles. The highest BCUT2D eigenvalue weighted by Gasteiger charge is 2.10. The summed E-state index contributed by atoms with van der Waals surface area (Å²) in [5.74, 6) is 0. The smallest absolute Gasteiger partial charge is 0.0501 e. The van der Waals surface area contributed by atoms with Crippen LogP contribution in [0.5, 0.6) is 0 Å². The summed E-state index contributed by atoms with van der Waals surface area (Å²) < 4.78 is 2.81. The highest BCUT2D eigenvalue weighted by molar-refractivity contribution is 7.26. The number of thiophene rings is 1. The minimum atomic E-state index is 0.973. The normalized spacial score (nSPS) is 12.1. The molecule has 3 heteroatoms. The van der Waals surface area contributed by atoms with Crippen molar-refractivity contribution in [3.8, 4) is 0 Å². The van der Waals surface area contributed by atoms with E-state index in [1.165, 1.54) is 25.7 Å². The minimum Gasteiger partial charge on any atom is -0.297 e. The highest BCUT2D eigenvalue weighted by atomic mass is 32.1. The van der Waals surface area contributed by atoms with E-state index in [1.54, 1.807) is 0 Å². The van der Waals surface area contributed by atoms with Crippen molar-refractivity contribution in [3.05, 3.63) is 48.0 Å². The number of hydrogen-bond donors (Lipinski definition) is 0. The Bertz CT molecular complexity index is 730. The molecule has 104 valence electrons. The Labute approximate surface area is 124 Å². The van der Waals surface area contributed by atoms with Crippen molar-refractivity contribution in [2.45, 2.75) is 6.54 Å². The fourth-order valence-corrected chi connectivity index (χ4v) is 3.96. The van der Waals surface area contributed by atoms with E-state index >= 15 is 0 Å². The van der Waals surface area contributed by atoms with E-state index in [1.807, 2.05) is 11.3 Å². The second-order valence-electron chi connectivity index (χ2n) is 5.63. The standard InChI is InChI=1S/C17H20N2S/c1-18(2)12-19(3)11-13-7-6-9-15-14-8-4-5-10-16(14)20-17(13)15/h4-10H,11-12H2,1-3H3. The SMILES string of the molecule is CN(C)CN(C)Cc1cccc2c1sc1ccccc12. The van der Waals surface area contributed by atoms with E-state index in [0.29, 0.717) is 0 Å². The van der Waals surface area contributed by atoms with Crippen LogP contribution in [0.3, 0.4) is 0 Å². The predicted octanol–water partition coefficient (Wildman–Crippen LogP) is 4.01. The van der Waals surface area contributed by atoms with E-state index in [-0.39, 0.29) is 0 Å². The van der Waals surface area contributed by atoms with Crippen LogP contribution >= 0.6 is 11.3 Å². The van der Waals surface area contributed by atoms with Crippen LogP contribution < -0.4 is 0 Å². The molecule has 0 aliphatic rings. The number of fused-ring (bicyclic) bond motifs is 3. The average molecular weight is 284 g/mol. The molecule has 3 rings (SSSR count). The molecule has 0 spiro atoms. The third kappa shape index (κ3) is 2.57. The topological polar surface area (TPSA) is 6.48 Å². The van der Waals surface area contributed by atoms with Gasteiger partial charge in [-0.15, -0.1) is 11.3 Å². The highest BCUT2D eigenvalue weighted by Crippen LogP contribution is 2.35. The van der Waals surface area contributed by atoms with Gasteiger partial charge in [-0.3, -0.25) is 9.80 Å². The first-order valence-electron chi connectivity index (χ1n) is 6.87. The van der Waals surface area contributed by atoms with Crippen molar-refractivity contribution in [1.29, 1.82) is 0 Å². The number of hydrogen-bond acceptors (Lipinski definition) is 3. The Balaban J connectivity index is 2.03. The van der Waals surface area contributed by atoms with Crippen LogP contribution in [0.15, 0.2) is 42.5 Å². The lowest BCUT2D eigenvalue weighted by Gasteiger charge is -2.21. The van der Waals surface area contributed by atoms with Gasteiger partial charge in [0.1, 0.15) is 0 Å². The van der Waals surface area contributed by atoms with Crippen molar-refractivity contribution in [1.82, 2.24) is 9.80 Å². The van der Waals surface area contributed by atoms with Crippen LogP contribution in [0, 0.1) is 0 Å². The van der Waals surface area contributed by atoms with Crippen LogP contribution in [-0.4, -0.2) is 37.6 Å². The summed E-state index contributed by atoms with van der Waals surface area (Å²) in [6.07, 6.45) is 0. The fraction of sp³-hybridized carbons (Fsp3) is 0.294. The van der Waals surface area contributed by atoms with Crippen molar-refractivity contribution in [2.75, 3.05) is 27.8 Å². The van der Waals surface area contributed by atoms with E-state index in [9.17, 15) is 0 Å². The fourth-order valence-electron chi connectivity index (χ4n) is 2.75. The maximum Gasteiger partial charge on any atom is 0.0501 e. The van der Waals surface area contributed by atoms with Gasteiger partial charge in [-0.05, 0) is 32.8 Å². The molecule has 0 saturated heterocycles. The van der Waals surface area contributed by atoms with E-state index < -0.39 is 0 Å². The Morgan fingerprint density at radius 2 is 1.65 bits per heavy atom. The quantitative estimate of drug-likeness (QED) is 0.668. The summed E-state index contributed by atoms with van der Waals surface area (Å²) in [4.78, 5) is 4.55. The maximum atomic E-state index is 2.35. The van der Waals surface area contributed by atoms with Gasteiger partial charge in [0, 0.05) is 26.7 Å². The van der Waals surface area contributed by atoms with Gasteiger partial charge < -0.3 is 0 Å². The monoisotopic (exact) mass is 284 g/mol. The third-order valence-corrected chi connectivity index (χ3v) is 4.71. The Hall–Kier alpha value is -1.42. The molecule has 0 radical (unpaired) electrons. The molecule has 20 heavy (non-hydrogen) atoms. The van der Waals surface area contributed by atoms with Gasteiger partial charge in [-0.25, -0.2) is 0 Å². The number of benzene rings is 2. The second kappa shape index (κ2) is 5.52. The zero-order chi connectivity index (χ0) is 14.1. The van der Waals surface area contributed by atoms with Crippen LogP contribution in [-0.2, 0) is 6.54 Å². The van der Waals surface area contributed by atoms with E-state index in [2.05, 4.69) is 73.4 Å². The lowest BCUT2D eigenvalue weighted by molar-refractivity contribution is 0.205. The molecule has 2 nitrogen and oxygen atoms in total. The first-order valence-corrected chi connectivity index (χ1v) is 7.69. The molecule has 2 aromatic carbocycles. The predicted molar refractivity (Wildman–Crippen MR) is 89.4 cm³/mol. The molecule has 0 amide bonds. The summed E-state index contributed by atoms with van der Waals surface area (Å²) in [6.45, 7) is 1.96. The maximum absolute atomic E-state index is 2.35. The minimum absolute atomic E-state index is 0.973. The molecule has 0 atom stereocenters. The molecule has 0 bridgehead atoms. The molecule has 0 saturated carbocycles. The van der Waals surface area contributed by atoms with E-state index in [4.69, 9.17) is 0 Å². The van der Waals surface area contributed by atoms with Gasteiger partial charge in [0.2, 0.25) is 0 Å². The zero-order valence-corrected chi connectivity index (χ0v) is 13.1. The molecular weight excluding hydrogens is 264 g/mol. The van der Waals surface area contributed by atoms with Gasteiger partial charge in [0.05, 0.1) is 6.67 Å². The summed E-state index contributed by atoms with van der Waals surface area (Å²) in [5.41, 5.74) is 1.42. The zero-order valence-electron chi connectivity index (χ0n) is 12.3. The first kappa shape index (κ1) is 13.6. The molecule has 0 N–H and O–H groups in total. The molecule has 1 heterocycles. The Kier molecular flexibility index (Phi) is 3.74. The van der Waals surface area contributed by atoms with Crippen LogP contribution in [0.25, 0.3) is 20.2 Å². The summed E-state index contributed by atoms with van der Waals surface area (Å²) in [6, 6.07) is 15.4. The third-order valence-electron chi connectivity index (χ3n) is 3.45. The van der Waals surface area contributed by atoms with Gasteiger partial charge in [0.15, 0.2) is 0 Å². The molecule has 0 fully saturated rings.